The first kappa shape index (κ1) is 12.1. The van der Waals surface area contributed by atoms with Gasteiger partial charge in [-0.05, 0) is 30.9 Å². The lowest BCUT2D eigenvalue weighted by molar-refractivity contribution is 0.0701. The zero-order chi connectivity index (χ0) is 12.4. The molecule has 1 aromatic heterocycles. The maximum atomic E-state index is 12.0. The molecule has 1 saturated carbocycles. The van der Waals surface area contributed by atoms with Crippen LogP contribution in [0.3, 0.4) is 0 Å². The van der Waals surface area contributed by atoms with E-state index in [9.17, 15) is 9.59 Å². The molecule has 0 aromatic carbocycles. The third-order valence-electron chi connectivity index (χ3n) is 3.13. The average Bonchev–Trinajstić information content (AvgIpc) is 2.71. The second-order valence-corrected chi connectivity index (χ2v) is 5.54. The van der Waals surface area contributed by atoms with Crippen LogP contribution in [0, 0.1) is 5.92 Å². The Morgan fingerprint density at radius 2 is 2.06 bits per heavy atom. The lowest BCUT2D eigenvalue weighted by Gasteiger charge is -2.29. The van der Waals surface area contributed by atoms with Gasteiger partial charge in [0.1, 0.15) is 4.88 Å². The zero-order valence-corrected chi connectivity index (χ0v) is 10.5. The third-order valence-corrected chi connectivity index (χ3v) is 4.19. The normalized spacial score (nSPS) is 15.4. The minimum atomic E-state index is -0.976. The number of nitrogens with zero attached hydrogens (tertiary/aromatic N) is 1. The maximum Gasteiger partial charge on any atom is 0.345 e. The van der Waals surface area contributed by atoms with Crippen LogP contribution in [0.5, 0.6) is 0 Å². The molecule has 0 atom stereocenters. The fraction of sp³-hybridized carbons (Fsp3) is 0.500. The van der Waals surface area contributed by atoms with Gasteiger partial charge in [0.25, 0.3) is 5.91 Å². The van der Waals surface area contributed by atoms with Gasteiger partial charge in [-0.3, -0.25) is 4.79 Å². The Morgan fingerprint density at radius 3 is 2.53 bits per heavy atom. The van der Waals surface area contributed by atoms with Crippen molar-refractivity contribution in [2.24, 2.45) is 5.92 Å². The van der Waals surface area contributed by atoms with Crippen molar-refractivity contribution in [1.29, 1.82) is 0 Å². The molecule has 0 aliphatic heterocycles. The number of hydrogen-bond donors (Lipinski definition) is 1. The second kappa shape index (κ2) is 4.87. The summed E-state index contributed by atoms with van der Waals surface area (Å²) in [4.78, 5) is 25.1. The van der Waals surface area contributed by atoms with Crippen molar-refractivity contribution in [2.75, 3.05) is 13.6 Å². The van der Waals surface area contributed by atoms with Crippen molar-refractivity contribution in [3.8, 4) is 0 Å². The minimum absolute atomic E-state index is 0.0746. The van der Waals surface area contributed by atoms with E-state index in [0.717, 1.165) is 17.9 Å². The molecule has 0 radical (unpaired) electrons. The molecule has 0 unspecified atom stereocenters. The molecule has 1 aromatic rings. The number of carboxylic acids is 1. The summed E-state index contributed by atoms with van der Waals surface area (Å²) in [6, 6.07) is 3.07. The molecule has 1 N–H and O–H groups in total. The van der Waals surface area contributed by atoms with E-state index in [0.29, 0.717) is 10.8 Å². The van der Waals surface area contributed by atoms with E-state index in [2.05, 4.69) is 0 Å². The first-order chi connectivity index (χ1) is 8.08. The SMILES string of the molecule is CN(CC1CCC1)C(=O)c1ccc(C(=O)O)s1. The Bertz CT molecular complexity index is 437. The number of carbonyl (C=O) groups is 2. The van der Waals surface area contributed by atoms with Crippen LogP contribution >= 0.6 is 11.3 Å². The minimum Gasteiger partial charge on any atom is -0.477 e. The van der Waals surface area contributed by atoms with Crippen LogP contribution in [-0.4, -0.2) is 35.5 Å². The highest BCUT2D eigenvalue weighted by molar-refractivity contribution is 7.15. The molecule has 4 nitrogen and oxygen atoms in total. The predicted octanol–water partition coefficient (Wildman–Crippen LogP) is 2.32. The van der Waals surface area contributed by atoms with Crippen molar-refractivity contribution < 1.29 is 14.7 Å². The summed E-state index contributed by atoms with van der Waals surface area (Å²) in [5, 5.41) is 8.80. The van der Waals surface area contributed by atoms with E-state index in [1.807, 2.05) is 0 Å². The Labute approximate surface area is 104 Å². The molecule has 0 bridgehead atoms. The smallest absolute Gasteiger partial charge is 0.345 e. The first-order valence-corrected chi connectivity index (χ1v) is 6.48. The Kier molecular flexibility index (Phi) is 3.47. The fourth-order valence-electron chi connectivity index (χ4n) is 1.90. The Hall–Kier alpha value is -1.36. The molecule has 1 aliphatic rings. The average molecular weight is 253 g/mol. The molecule has 1 fully saturated rings. The van der Waals surface area contributed by atoms with Gasteiger partial charge >= 0.3 is 5.97 Å². The Balaban J connectivity index is 1.99. The van der Waals surface area contributed by atoms with E-state index in [4.69, 9.17) is 5.11 Å². The number of carbonyl (C=O) groups excluding carboxylic acids is 1. The number of amides is 1. The van der Waals surface area contributed by atoms with Gasteiger partial charge in [0, 0.05) is 13.6 Å². The standard InChI is InChI=1S/C12H15NO3S/c1-13(7-8-3-2-4-8)11(14)9-5-6-10(17-9)12(15)16/h5-6,8H,2-4,7H2,1H3,(H,15,16). The third kappa shape index (κ3) is 2.66. The van der Waals surface area contributed by atoms with E-state index in [1.54, 1.807) is 18.0 Å². The molecule has 17 heavy (non-hydrogen) atoms. The molecule has 1 amide bonds. The highest BCUT2D eigenvalue weighted by Gasteiger charge is 2.23. The predicted molar refractivity (Wildman–Crippen MR) is 65.6 cm³/mol. The number of rotatable bonds is 4. The molecule has 1 heterocycles. The summed E-state index contributed by atoms with van der Waals surface area (Å²) in [5.74, 6) is -0.423. The van der Waals surface area contributed by atoms with Crippen molar-refractivity contribution in [2.45, 2.75) is 19.3 Å². The van der Waals surface area contributed by atoms with Crippen LogP contribution in [0.1, 0.15) is 38.6 Å². The lowest BCUT2D eigenvalue weighted by Crippen LogP contribution is -2.33. The molecule has 5 heteroatoms. The van der Waals surface area contributed by atoms with E-state index in [1.165, 1.54) is 25.3 Å². The van der Waals surface area contributed by atoms with Crippen LogP contribution in [0.25, 0.3) is 0 Å². The van der Waals surface area contributed by atoms with Gasteiger partial charge < -0.3 is 10.0 Å². The van der Waals surface area contributed by atoms with Gasteiger partial charge in [-0.2, -0.15) is 0 Å². The van der Waals surface area contributed by atoms with Crippen molar-refractivity contribution in [3.05, 3.63) is 21.9 Å². The summed E-state index contributed by atoms with van der Waals surface area (Å²) < 4.78 is 0. The number of carboxylic acid groups (broad SMARTS) is 1. The molecule has 2 rings (SSSR count). The van der Waals surface area contributed by atoms with Crippen molar-refractivity contribution in [1.82, 2.24) is 4.90 Å². The zero-order valence-electron chi connectivity index (χ0n) is 9.68. The van der Waals surface area contributed by atoms with Crippen molar-refractivity contribution in [3.63, 3.8) is 0 Å². The highest BCUT2D eigenvalue weighted by atomic mass is 32.1. The van der Waals surface area contributed by atoms with E-state index < -0.39 is 5.97 Å². The molecule has 0 spiro atoms. The van der Waals surface area contributed by atoms with Gasteiger partial charge in [0.15, 0.2) is 0 Å². The van der Waals surface area contributed by atoms with Crippen LogP contribution in [-0.2, 0) is 0 Å². The number of aromatic carboxylic acids is 1. The molecule has 0 saturated heterocycles. The summed E-state index contributed by atoms with van der Waals surface area (Å²) in [6.07, 6.45) is 3.65. The second-order valence-electron chi connectivity index (χ2n) is 4.45. The largest absolute Gasteiger partial charge is 0.477 e. The van der Waals surface area contributed by atoms with Crippen LogP contribution in [0.2, 0.25) is 0 Å². The highest BCUT2D eigenvalue weighted by Crippen LogP contribution is 2.27. The first-order valence-electron chi connectivity index (χ1n) is 5.66. The van der Waals surface area contributed by atoms with Gasteiger partial charge in [0.2, 0.25) is 0 Å². The van der Waals surface area contributed by atoms with Crippen molar-refractivity contribution >= 4 is 23.2 Å². The summed E-state index contributed by atoms with van der Waals surface area (Å²) in [5.41, 5.74) is 0. The Morgan fingerprint density at radius 1 is 1.41 bits per heavy atom. The number of thiophene rings is 1. The molecular formula is C12H15NO3S. The van der Waals surface area contributed by atoms with Crippen LogP contribution in [0.4, 0.5) is 0 Å². The van der Waals surface area contributed by atoms with Gasteiger partial charge in [-0.1, -0.05) is 6.42 Å². The van der Waals surface area contributed by atoms with Gasteiger partial charge in [0.05, 0.1) is 4.88 Å². The summed E-state index contributed by atoms with van der Waals surface area (Å²) in [6.45, 7) is 0.777. The van der Waals surface area contributed by atoms with Gasteiger partial charge in [-0.25, -0.2) is 4.79 Å². The monoisotopic (exact) mass is 253 g/mol. The van der Waals surface area contributed by atoms with Crippen LogP contribution < -0.4 is 0 Å². The topological polar surface area (TPSA) is 57.6 Å². The number of hydrogen-bond acceptors (Lipinski definition) is 3. The maximum absolute atomic E-state index is 12.0. The lowest BCUT2D eigenvalue weighted by atomic mass is 9.85. The van der Waals surface area contributed by atoms with E-state index in [-0.39, 0.29) is 10.8 Å². The fourth-order valence-corrected chi connectivity index (χ4v) is 2.74. The molecular weight excluding hydrogens is 238 g/mol. The quantitative estimate of drug-likeness (QED) is 0.895. The summed E-state index contributed by atoms with van der Waals surface area (Å²) in [7, 11) is 1.78. The van der Waals surface area contributed by atoms with E-state index >= 15 is 0 Å². The van der Waals surface area contributed by atoms with Crippen LogP contribution in [0.15, 0.2) is 12.1 Å². The van der Waals surface area contributed by atoms with Gasteiger partial charge in [-0.15, -0.1) is 11.3 Å². The summed E-state index contributed by atoms with van der Waals surface area (Å²) >= 11 is 1.04. The molecule has 92 valence electrons. The molecule has 1 aliphatic carbocycles.